The van der Waals surface area contributed by atoms with Gasteiger partial charge in [-0.2, -0.15) is 13.2 Å². The Morgan fingerprint density at radius 1 is 1.09 bits per heavy atom. The van der Waals surface area contributed by atoms with E-state index in [-0.39, 0.29) is 23.7 Å². The van der Waals surface area contributed by atoms with Gasteiger partial charge in [-0.05, 0) is 43.0 Å². The number of hydrogen-bond acceptors (Lipinski definition) is 5. The highest BCUT2D eigenvalue weighted by molar-refractivity contribution is 5.77. The molecule has 1 amide bonds. The van der Waals surface area contributed by atoms with Crippen LogP contribution in [-0.2, 0) is 17.4 Å². The van der Waals surface area contributed by atoms with E-state index in [0.29, 0.717) is 25.1 Å². The number of amides is 1. The molecule has 1 fully saturated rings. The molecule has 1 saturated heterocycles. The van der Waals surface area contributed by atoms with Crippen molar-refractivity contribution in [2.75, 3.05) is 11.9 Å². The number of nitrogens with zero attached hydrogens (tertiary/aromatic N) is 4. The van der Waals surface area contributed by atoms with E-state index in [9.17, 15) is 18.0 Å². The van der Waals surface area contributed by atoms with Gasteiger partial charge in [-0.25, -0.2) is 15.0 Å². The number of benzene rings is 1. The van der Waals surface area contributed by atoms with Crippen LogP contribution in [-0.4, -0.2) is 32.3 Å². The summed E-state index contributed by atoms with van der Waals surface area (Å²) >= 11 is 0. The van der Waals surface area contributed by atoms with Crippen LogP contribution in [0.5, 0.6) is 0 Å². The van der Waals surface area contributed by atoms with Crippen molar-refractivity contribution in [3.05, 3.63) is 77.7 Å². The van der Waals surface area contributed by atoms with Gasteiger partial charge in [0.05, 0.1) is 17.3 Å². The SMILES string of the molecule is O=C(CCc1ccccc1)N1CCC[C@@H]1c1ccnc(Nc2cc(C(F)(F)F)ccn2)n1. The Bertz CT molecular complexity index is 1070. The second-order valence-corrected chi connectivity index (χ2v) is 7.59. The molecular formula is C23H22F3N5O. The number of carbonyl (C=O) groups is 1. The summed E-state index contributed by atoms with van der Waals surface area (Å²) in [5.41, 5.74) is 0.955. The largest absolute Gasteiger partial charge is 0.416 e. The van der Waals surface area contributed by atoms with E-state index in [0.717, 1.165) is 36.7 Å². The first-order chi connectivity index (χ1) is 15.4. The third kappa shape index (κ3) is 5.22. The second kappa shape index (κ2) is 9.33. The van der Waals surface area contributed by atoms with Gasteiger partial charge < -0.3 is 10.2 Å². The van der Waals surface area contributed by atoms with Crippen molar-refractivity contribution < 1.29 is 18.0 Å². The van der Waals surface area contributed by atoms with Crippen LogP contribution in [0.3, 0.4) is 0 Å². The molecule has 4 rings (SSSR count). The number of alkyl halides is 3. The smallest absolute Gasteiger partial charge is 0.334 e. The van der Waals surface area contributed by atoms with E-state index in [1.165, 1.54) is 6.20 Å². The standard InChI is InChI=1S/C23H22F3N5O/c24-23(25,26)17-10-12-27-20(15-17)30-22-28-13-11-18(29-22)19-7-4-14-31(19)21(32)9-8-16-5-2-1-3-6-16/h1-3,5-6,10-13,15,19H,4,7-9,14H2,(H,27,28,29,30)/t19-/m1/s1. The summed E-state index contributed by atoms with van der Waals surface area (Å²) in [5.74, 6) is 0.195. The molecule has 0 saturated carbocycles. The number of aryl methyl sites for hydroxylation is 1. The third-order valence-corrected chi connectivity index (χ3v) is 5.39. The van der Waals surface area contributed by atoms with Crippen molar-refractivity contribution in [1.29, 1.82) is 0 Å². The molecule has 1 aliphatic rings. The number of nitrogens with one attached hydrogen (secondary N) is 1. The number of aromatic nitrogens is 3. The zero-order chi connectivity index (χ0) is 22.6. The Morgan fingerprint density at radius 2 is 1.88 bits per heavy atom. The summed E-state index contributed by atoms with van der Waals surface area (Å²) in [6.45, 7) is 0.653. The molecule has 2 aromatic heterocycles. The summed E-state index contributed by atoms with van der Waals surface area (Å²) in [6.07, 6.45) is 0.861. The Hall–Kier alpha value is -3.49. The van der Waals surface area contributed by atoms with Gasteiger partial charge in [-0.1, -0.05) is 30.3 Å². The molecule has 3 heterocycles. The molecule has 0 radical (unpaired) electrons. The first-order valence-electron chi connectivity index (χ1n) is 10.4. The molecule has 1 N–H and O–H groups in total. The van der Waals surface area contributed by atoms with Crippen LogP contribution < -0.4 is 5.32 Å². The highest BCUT2D eigenvalue weighted by Crippen LogP contribution is 2.33. The number of carbonyl (C=O) groups excluding carboxylic acids is 1. The molecule has 0 unspecified atom stereocenters. The van der Waals surface area contributed by atoms with Crippen molar-refractivity contribution in [2.45, 2.75) is 37.9 Å². The molecule has 3 aromatic rings. The van der Waals surface area contributed by atoms with Crippen molar-refractivity contribution in [1.82, 2.24) is 19.9 Å². The maximum Gasteiger partial charge on any atom is 0.416 e. The number of likely N-dealkylation sites (tertiary alicyclic amines) is 1. The minimum absolute atomic E-state index is 0.000749. The molecular weight excluding hydrogens is 419 g/mol. The lowest BCUT2D eigenvalue weighted by atomic mass is 10.1. The topological polar surface area (TPSA) is 71.0 Å². The Kier molecular flexibility index (Phi) is 6.34. The second-order valence-electron chi connectivity index (χ2n) is 7.59. The molecule has 166 valence electrons. The summed E-state index contributed by atoms with van der Waals surface area (Å²) in [5, 5.41) is 2.73. The van der Waals surface area contributed by atoms with E-state index in [1.807, 2.05) is 35.2 Å². The predicted octanol–water partition coefficient (Wildman–Crippen LogP) is 4.93. The van der Waals surface area contributed by atoms with Crippen LogP contribution in [0.25, 0.3) is 0 Å². The summed E-state index contributed by atoms with van der Waals surface area (Å²) < 4.78 is 38.8. The lowest BCUT2D eigenvalue weighted by molar-refractivity contribution is -0.137. The predicted molar refractivity (Wildman–Crippen MR) is 113 cm³/mol. The van der Waals surface area contributed by atoms with E-state index in [1.54, 1.807) is 6.07 Å². The first-order valence-corrected chi connectivity index (χ1v) is 10.4. The van der Waals surface area contributed by atoms with Crippen molar-refractivity contribution >= 4 is 17.7 Å². The van der Waals surface area contributed by atoms with Crippen LogP contribution >= 0.6 is 0 Å². The molecule has 0 bridgehead atoms. The average Bonchev–Trinajstić information content (AvgIpc) is 3.28. The minimum Gasteiger partial charge on any atom is -0.334 e. The molecule has 9 heteroatoms. The zero-order valence-corrected chi connectivity index (χ0v) is 17.2. The van der Waals surface area contributed by atoms with Crippen molar-refractivity contribution in [3.63, 3.8) is 0 Å². The molecule has 1 aromatic carbocycles. The molecule has 1 atom stereocenters. The maximum atomic E-state index is 12.9. The van der Waals surface area contributed by atoms with E-state index in [2.05, 4.69) is 20.3 Å². The number of pyridine rings is 1. The van der Waals surface area contributed by atoms with Gasteiger partial charge in [0, 0.05) is 25.4 Å². The lowest BCUT2D eigenvalue weighted by Gasteiger charge is -2.24. The number of halogens is 3. The number of rotatable bonds is 6. The first kappa shape index (κ1) is 21.7. The Morgan fingerprint density at radius 3 is 2.66 bits per heavy atom. The number of anilines is 2. The highest BCUT2D eigenvalue weighted by atomic mass is 19.4. The summed E-state index contributed by atoms with van der Waals surface area (Å²) in [4.78, 5) is 27.2. The van der Waals surface area contributed by atoms with Crippen LogP contribution in [0, 0.1) is 0 Å². The Balaban J connectivity index is 1.45. The van der Waals surface area contributed by atoms with Gasteiger partial charge in [0.2, 0.25) is 11.9 Å². The fourth-order valence-corrected chi connectivity index (χ4v) is 3.82. The average molecular weight is 441 g/mol. The molecule has 6 nitrogen and oxygen atoms in total. The van der Waals surface area contributed by atoms with Gasteiger partial charge in [-0.15, -0.1) is 0 Å². The summed E-state index contributed by atoms with van der Waals surface area (Å²) in [7, 11) is 0. The molecule has 32 heavy (non-hydrogen) atoms. The fraction of sp³-hybridized carbons (Fsp3) is 0.304. The Labute approximate surface area is 183 Å². The molecule has 0 aliphatic carbocycles. The van der Waals surface area contributed by atoms with Gasteiger partial charge in [0.15, 0.2) is 0 Å². The quantitative estimate of drug-likeness (QED) is 0.587. The van der Waals surface area contributed by atoms with Gasteiger partial charge >= 0.3 is 6.18 Å². The summed E-state index contributed by atoms with van der Waals surface area (Å²) in [6, 6.07) is 13.2. The van der Waals surface area contributed by atoms with Crippen LogP contribution in [0.15, 0.2) is 60.9 Å². The van der Waals surface area contributed by atoms with Gasteiger partial charge in [0.1, 0.15) is 5.82 Å². The van der Waals surface area contributed by atoms with E-state index < -0.39 is 11.7 Å². The van der Waals surface area contributed by atoms with Crippen LogP contribution in [0.2, 0.25) is 0 Å². The van der Waals surface area contributed by atoms with Crippen LogP contribution in [0.1, 0.15) is 42.1 Å². The molecule has 0 spiro atoms. The normalized spacial score (nSPS) is 16.2. The number of hydrogen-bond donors (Lipinski definition) is 1. The van der Waals surface area contributed by atoms with Crippen LogP contribution in [0.4, 0.5) is 24.9 Å². The van der Waals surface area contributed by atoms with Gasteiger partial charge in [0.25, 0.3) is 0 Å². The molecule has 1 aliphatic heterocycles. The van der Waals surface area contributed by atoms with Crippen molar-refractivity contribution in [3.8, 4) is 0 Å². The highest BCUT2D eigenvalue weighted by Gasteiger charge is 2.32. The van der Waals surface area contributed by atoms with Gasteiger partial charge in [-0.3, -0.25) is 4.79 Å². The fourth-order valence-electron chi connectivity index (χ4n) is 3.82. The zero-order valence-electron chi connectivity index (χ0n) is 17.2. The maximum absolute atomic E-state index is 12.9. The lowest BCUT2D eigenvalue weighted by Crippen LogP contribution is -2.31. The third-order valence-electron chi connectivity index (χ3n) is 5.39. The van der Waals surface area contributed by atoms with Crippen molar-refractivity contribution in [2.24, 2.45) is 0 Å². The van der Waals surface area contributed by atoms with E-state index >= 15 is 0 Å². The minimum atomic E-state index is -4.47. The monoisotopic (exact) mass is 441 g/mol. The van der Waals surface area contributed by atoms with E-state index in [4.69, 9.17) is 0 Å².